The molecule has 4 heteroatoms. The van der Waals surface area contributed by atoms with Crippen LogP contribution in [0.4, 0.5) is 0 Å². The largest absolute Gasteiger partial charge is 0.466 e. The summed E-state index contributed by atoms with van der Waals surface area (Å²) in [5.74, 6) is 0.115. The first-order chi connectivity index (χ1) is 12.2. The Morgan fingerprint density at radius 2 is 1.80 bits per heavy atom. The number of esters is 1. The van der Waals surface area contributed by atoms with Crippen molar-refractivity contribution in [2.75, 3.05) is 6.61 Å². The van der Waals surface area contributed by atoms with Gasteiger partial charge in [0.05, 0.1) is 6.61 Å². The zero-order valence-electron chi connectivity index (χ0n) is 15.8. The number of aryl methyl sites for hydroxylation is 1. The van der Waals surface area contributed by atoms with Crippen molar-refractivity contribution < 1.29 is 14.3 Å². The number of hydrogen-bond donors (Lipinski definition) is 0. The van der Waals surface area contributed by atoms with Crippen LogP contribution in [-0.2, 0) is 20.9 Å². The minimum Gasteiger partial charge on any atom is -0.466 e. The van der Waals surface area contributed by atoms with Gasteiger partial charge in [-0.25, -0.2) is 0 Å². The molecule has 1 heterocycles. The Hall–Kier alpha value is -1.84. The highest BCUT2D eigenvalue weighted by molar-refractivity contribution is 5.93. The van der Waals surface area contributed by atoms with Gasteiger partial charge in [0.2, 0.25) is 0 Å². The summed E-state index contributed by atoms with van der Waals surface area (Å²) in [6, 6.07) is 4.05. The summed E-state index contributed by atoms with van der Waals surface area (Å²) in [7, 11) is 0. The minimum absolute atomic E-state index is 0.0936. The molecule has 0 saturated carbocycles. The van der Waals surface area contributed by atoms with Gasteiger partial charge >= 0.3 is 5.97 Å². The Kier molecular flexibility index (Phi) is 11.4. The highest BCUT2D eigenvalue weighted by atomic mass is 16.5. The average Bonchev–Trinajstić information content (AvgIpc) is 3.04. The molecular weight excluding hydrogens is 314 g/mol. The van der Waals surface area contributed by atoms with Crippen molar-refractivity contribution in [3.63, 3.8) is 0 Å². The van der Waals surface area contributed by atoms with Gasteiger partial charge < -0.3 is 9.30 Å². The van der Waals surface area contributed by atoms with Gasteiger partial charge in [-0.05, 0) is 50.5 Å². The maximum absolute atomic E-state index is 11.8. The molecule has 0 amide bonds. The smallest absolute Gasteiger partial charge is 0.305 e. The van der Waals surface area contributed by atoms with Crippen LogP contribution in [-0.4, -0.2) is 22.9 Å². The van der Waals surface area contributed by atoms with Crippen LogP contribution in [0, 0.1) is 0 Å². The van der Waals surface area contributed by atoms with Crippen molar-refractivity contribution in [2.24, 2.45) is 0 Å². The second kappa shape index (κ2) is 13.5. The third kappa shape index (κ3) is 9.90. The first-order valence-corrected chi connectivity index (χ1v) is 9.69. The first-order valence-electron chi connectivity index (χ1n) is 9.69. The lowest BCUT2D eigenvalue weighted by Gasteiger charge is -2.06. The van der Waals surface area contributed by atoms with Crippen molar-refractivity contribution in [3.8, 4) is 0 Å². The van der Waals surface area contributed by atoms with E-state index in [2.05, 4.69) is 17.7 Å². The van der Waals surface area contributed by atoms with Crippen LogP contribution < -0.4 is 0 Å². The second-order valence-corrected chi connectivity index (χ2v) is 6.35. The Labute approximate surface area is 152 Å². The molecule has 0 saturated heterocycles. The van der Waals surface area contributed by atoms with Crippen molar-refractivity contribution in [2.45, 2.75) is 78.2 Å². The van der Waals surface area contributed by atoms with E-state index in [0.717, 1.165) is 57.2 Å². The molecule has 140 valence electrons. The number of hydrogen-bond acceptors (Lipinski definition) is 3. The predicted octanol–water partition coefficient (Wildman–Crippen LogP) is 5.16. The molecule has 4 nitrogen and oxygen atoms in total. The second-order valence-electron chi connectivity index (χ2n) is 6.35. The summed E-state index contributed by atoms with van der Waals surface area (Å²) in [4.78, 5) is 23.1. The van der Waals surface area contributed by atoms with Crippen LogP contribution >= 0.6 is 0 Å². The first kappa shape index (κ1) is 21.2. The lowest BCUT2D eigenvalue weighted by atomic mass is 10.1. The summed E-state index contributed by atoms with van der Waals surface area (Å²) in [6.45, 7) is 5.38. The Balaban J connectivity index is 2.24. The fraction of sp³-hybridized carbons (Fsp3) is 0.619. The molecule has 0 aliphatic carbocycles. The minimum atomic E-state index is -0.0936. The molecule has 0 radical (unpaired) electrons. The molecule has 0 fully saturated rings. The van der Waals surface area contributed by atoms with E-state index in [9.17, 15) is 9.59 Å². The van der Waals surface area contributed by atoms with Crippen LogP contribution in [0.2, 0.25) is 0 Å². The van der Waals surface area contributed by atoms with Gasteiger partial charge in [-0.15, -0.1) is 0 Å². The van der Waals surface area contributed by atoms with Crippen molar-refractivity contribution >= 4 is 17.8 Å². The number of ether oxygens (including phenoxy) is 1. The van der Waals surface area contributed by atoms with E-state index < -0.39 is 0 Å². The Bertz CT molecular complexity index is 531. The maximum Gasteiger partial charge on any atom is 0.305 e. The molecule has 25 heavy (non-hydrogen) atoms. The van der Waals surface area contributed by atoms with Gasteiger partial charge in [-0.1, -0.05) is 32.6 Å². The SMILES string of the molecule is CCCCCC(=O)C=Cc1cccn1CCCCCCC(=O)OCC. The third-order valence-corrected chi connectivity index (χ3v) is 4.17. The number of carbonyl (C=O) groups excluding carboxylic acids is 2. The van der Waals surface area contributed by atoms with Crippen LogP contribution in [0.3, 0.4) is 0 Å². The molecule has 0 N–H and O–H groups in total. The van der Waals surface area contributed by atoms with E-state index >= 15 is 0 Å². The highest BCUT2D eigenvalue weighted by Crippen LogP contribution is 2.10. The standard InChI is InChI=1S/C21H33NO3/c1-3-5-8-13-20(23)16-15-19-12-11-18-22(19)17-10-7-6-9-14-21(24)25-4-2/h11-12,15-16,18H,3-10,13-14,17H2,1-2H3. The van der Waals surface area contributed by atoms with Crippen LogP contribution in [0.1, 0.15) is 77.3 Å². The van der Waals surface area contributed by atoms with Crippen LogP contribution in [0.5, 0.6) is 0 Å². The van der Waals surface area contributed by atoms with Crippen molar-refractivity contribution in [1.29, 1.82) is 0 Å². The number of carbonyl (C=O) groups is 2. The molecule has 0 unspecified atom stereocenters. The van der Waals surface area contributed by atoms with Gasteiger partial charge in [-0.2, -0.15) is 0 Å². The normalized spacial score (nSPS) is 11.1. The van der Waals surface area contributed by atoms with Crippen LogP contribution in [0.25, 0.3) is 6.08 Å². The van der Waals surface area contributed by atoms with E-state index in [1.54, 1.807) is 6.08 Å². The lowest BCUT2D eigenvalue weighted by Crippen LogP contribution is -2.03. The summed E-state index contributed by atoms with van der Waals surface area (Å²) in [5.41, 5.74) is 1.08. The monoisotopic (exact) mass is 347 g/mol. The number of nitrogens with zero attached hydrogens (tertiary/aromatic N) is 1. The molecule has 1 aromatic heterocycles. The number of rotatable bonds is 14. The molecular formula is C21H33NO3. The average molecular weight is 347 g/mol. The summed E-state index contributed by atoms with van der Waals surface area (Å²) >= 11 is 0. The van der Waals surface area contributed by atoms with E-state index in [4.69, 9.17) is 4.74 Å². The Morgan fingerprint density at radius 1 is 1.04 bits per heavy atom. The molecule has 0 aliphatic rings. The van der Waals surface area contributed by atoms with Gasteiger partial charge in [0.15, 0.2) is 5.78 Å². The predicted molar refractivity (Wildman–Crippen MR) is 102 cm³/mol. The lowest BCUT2D eigenvalue weighted by molar-refractivity contribution is -0.143. The fourth-order valence-corrected chi connectivity index (χ4v) is 2.73. The van der Waals surface area contributed by atoms with E-state index in [-0.39, 0.29) is 11.8 Å². The van der Waals surface area contributed by atoms with Gasteiger partial charge in [0, 0.05) is 31.3 Å². The number of ketones is 1. The van der Waals surface area contributed by atoms with Crippen molar-refractivity contribution in [1.82, 2.24) is 4.57 Å². The summed E-state index contributed by atoms with van der Waals surface area (Å²) in [5, 5.41) is 0. The fourth-order valence-electron chi connectivity index (χ4n) is 2.73. The van der Waals surface area contributed by atoms with E-state index in [1.165, 1.54) is 0 Å². The zero-order chi connectivity index (χ0) is 18.3. The Morgan fingerprint density at radius 3 is 2.56 bits per heavy atom. The van der Waals surface area contributed by atoms with Gasteiger partial charge in [-0.3, -0.25) is 9.59 Å². The molecule has 1 rings (SSSR count). The molecule has 0 bridgehead atoms. The quantitative estimate of drug-likeness (QED) is 0.265. The summed E-state index contributed by atoms with van der Waals surface area (Å²) < 4.78 is 7.10. The van der Waals surface area contributed by atoms with Gasteiger partial charge in [0.1, 0.15) is 0 Å². The number of allylic oxidation sites excluding steroid dienone is 1. The number of aromatic nitrogens is 1. The highest BCUT2D eigenvalue weighted by Gasteiger charge is 2.02. The maximum atomic E-state index is 11.8. The molecule has 0 atom stereocenters. The van der Waals surface area contributed by atoms with Crippen molar-refractivity contribution in [3.05, 3.63) is 30.1 Å². The zero-order valence-corrected chi connectivity index (χ0v) is 15.8. The van der Waals surface area contributed by atoms with E-state index in [0.29, 0.717) is 19.4 Å². The number of unbranched alkanes of at least 4 members (excludes halogenated alkanes) is 5. The molecule has 0 aromatic carbocycles. The third-order valence-electron chi connectivity index (χ3n) is 4.17. The molecule has 1 aromatic rings. The van der Waals surface area contributed by atoms with Crippen LogP contribution in [0.15, 0.2) is 24.4 Å². The summed E-state index contributed by atoms with van der Waals surface area (Å²) in [6.07, 6.45) is 14.2. The van der Waals surface area contributed by atoms with E-state index in [1.807, 2.05) is 25.1 Å². The molecule has 0 spiro atoms. The topological polar surface area (TPSA) is 48.3 Å². The van der Waals surface area contributed by atoms with Gasteiger partial charge in [0.25, 0.3) is 0 Å². The molecule has 0 aliphatic heterocycles.